The van der Waals surface area contributed by atoms with Gasteiger partial charge in [-0.05, 0) is 38.2 Å². The zero-order chi connectivity index (χ0) is 14.8. The van der Waals surface area contributed by atoms with Crippen LogP contribution in [0.15, 0.2) is 53.3 Å². The van der Waals surface area contributed by atoms with Crippen molar-refractivity contribution in [2.24, 2.45) is 0 Å². The molecule has 21 heavy (non-hydrogen) atoms. The topological polar surface area (TPSA) is 29.3 Å². The lowest BCUT2D eigenvalue weighted by atomic mass is 10.1. The highest BCUT2D eigenvalue weighted by atomic mass is 35.5. The first-order valence-electron chi connectivity index (χ1n) is 6.92. The summed E-state index contributed by atoms with van der Waals surface area (Å²) in [6.07, 6.45) is 3.50. The Balaban J connectivity index is 1.92. The van der Waals surface area contributed by atoms with Crippen molar-refractivity contribution in [3.8, 4) is 0 Å². The average molecular weight is 301 g/mol. The summed E-state index contributed by atoms with van der Waals surface area (Å²) < 4.78 is 5.48. The lowest BCUT2D eigenvalue weighted by Gasteiger charge is -2.24. The van der Waals surface area contributed by atoms with E-state index in [0.29, 0.717) is 0 Å². The third-order valence-electron chi connectivity index (χ3n) is 3.85. The van der Waals surface area contributed by atoms with Crippen LogP contribution in [0.1, 0.15) is 24.3 Å². The molecule has 0 radical (unpaired) electrons. The Morgan fingerprint density at radius 1 is 1.24 bits per heavy atom. The van der Waals surface area contributed by atoms with E-state index in [0.717, 1.165) is 33.8 Å². The summed E-state index contributed by atoms with van der Waals surface area (Å²) in [4.78, 5) is 6.69. The van der Waals surface area contributed by atoms with Crippen LogP contribution in [0.25, 0.3) is 10.9 Å². The van der Waals surface area contributed by atoms with Crippen LogP contribution in [0.3, 0.4) is 0 Å². The van der Waals surface area contributed by atoms with Gasteiger partial charge in [0.25, 0.3) is 0 Å². The van der Waals surface area contributed by atoms with Crippen molar-refractivity contribution in [2.45, 2.75) is 19.5 Å². The monoisotopic (exact) mass is 300 g/mol. The van der Waals surface area contributed by atoms with Gasteiger partial charge < -0.3 is 4.42 Å². The van der Waals surface area contributed by atoms with Crippen LogP contribution in [0.2, 0.25) is 5.02 Å². The second-order valence-corrected chi connectivity index (χ2v) is 5.61. The normalized spacial score (nSPS) is 13.0. The second-order valence-electron chi connectivity index (χ2n) is 5.21. The van der Waals surface area contributed by atoms with E-state index in [1.807, 2.05) is 30.3 Å². The number of pyridine rings is 1. The van der Waals surface area contributed by atoms with Gasteiger partial charge in [-0.2, -0.15) is 0 Å². The fraction of sp³-hybridized carbons (Fsp3) is 0.235. The molecule has 0 aliphatic heterocycles. The maximum Gasteiger partial charge on any atom is 0.120 e. The quantitative estimate of drug-likeness (QED) is 0.701. The molecule has 0 amide bonds. The van der Waals surface area contributed by atoms with Gasteiger partial charge >= 0.3 is 0 Å². The number of nitrogens with zero attached hydrogens (tertiary/aromatic N) is 2. The molecular weight excluding hydrogens is 284 g/mol. The first-order chi connectivity index (χ1) is 10.2. The van der Waals surface area contributed by atoms with E-state index < -0.39 is 0 Å². The molecule has 2 heterocycles. The Bertz CT molecular complexity index is 740. The van der Waals surface area contributed by atoms with E-state index in [-0.39, 0.29) is 6.04 Å². The largest absolute Gasteiger partial charge is 0.468 e. The molecule has 1 unspecified atom stereocenters. The van der Waals surface area contributed by atoms with Gasteiger partial charge in [0.05, 0.1) is 17.8 Å². The predicted octanol–water partition coefficient (Wildman–Crippen LogP) is 4.67. The minimum atomic E-state index is 0.176. The van der Waals surface area contributed by atoms with Crippen LogP contribution in [0.4, 0.5) is 0 Å². The molecule has 1 atom stereocenters. The molecule has 2 aromatic heterocycles. The Morgan fingerprint density at radius 2 is 2.10 bits per heavy atom. The molecule has 0 N–H and O–H groups in total. The van der Waals surface area contributed by atoms with Crippen molar-refractivity contribution < 1.29 is 4.42 Å². The van der Waals surface area contributed by atoms with Crippen molar-refractivity contribution in [3.05, 3.63) is 65.2 Å². The zero-order valence-electron chi connectivity index (χ0n) is 12.1. The summed E-state index contributed by atoms with van der Waals surface area (Å²) >= 11 is 6.39. The molecule has 3 nitrogen and oxygen atoms in total. The summed E-state index contributed by atoms with van der Waals surface area (Å²) in [5.41, 5.74) is 2.01. The molecule has 0 fully saturated rings. The molecule has 3 rings (SSSR count). The first kappa shape index (κ1) is 14.1. The standard InChI is InChI=1S/C17H17ClN2O/c1-12(16-6-4-10-21-16)20(2)11-14-15(18)8-7-13-5-3-9-19-17(13)14/h3-10,12H,11H2,1-2H3. The highest BCUT2D eigenvalue weighted by Crippen LogP contribution is 2.28. The lowest BCUT2D eigenvalue weighted by Crippen LogP contribution is -2.22. The van der Waals surface area contributed by atoms with Gasteiger partial charge in [0, 0.05) is 28.7 Å². The van der Waals surface area contributed by atoms with E-state index in [9.17, 15) is 0 Å². The van der Waals surface area contributed by atoms with E-state index in [1.165, 1.54) is 0 Å². The first-order valence-corrected chi connectivity index (χ1v) is 7.30. The van der Waals surface area contributed by atoms with Crippen LogP contribution in [0, 0.1) is 0 Å². The van der Waals surface area contributed by atoms with E-state index >= 15 is 0 Å². The van der Waals surface area contributed by atoms with Gasteiger partial charge in [-0.25, -0.2) is 0 Å². The minimum Gasteiger partial charge on any atom is -0.468 e. The fourth-order valence-corrected chi connectivity index (χ4v) is 2.68. The van der Waals surface area contributed by atoms with Crippen molar-refractivity contribution in [1.29, 1.82) is 0 Å². The molecule has 3 aromatic rings. The highest BCUT2D eigenvalue weighted by molar-refractivity contribution is 6.32. The molecule has 0 saturated heterocycles. The molecule has 0 aliphatic rings. The van der Waals surface area contributed by atoms with Crippen molar-refractivity contribution in [2.75, 3.05) is 7.05 Å². The van der Waals surface area contributed by atoms with Gasteiger partial charge in [0.1, 0.15) is 5.76 Å². The van der Waals surface area contributed by atoms with Crippen molar-refractivity contribution in [3.63, 3.8) is 0 Å². The molecule has 1 aromatic carbocycles. The van der Waals surface area contributed by atoms with Crippen molar-refractivity contribution >= 4 is 22.5 Å². The van der Waals surface area contributed by atoms with Gasteiger partial charge in [0.15, 0.2) is 0 Å². The molecule has 0 bridgehead atoms. The van der Waals surface area contributed by atoms with Crippen LogP contribution < -0.4 is 0 Å². The number of hydrogen-bond acceptors (Lipinski definition) is 3. The maximum atomic E-state index is 6.39. The van der Waals surface area contributed by atoms with E-state index in [2.05, 4.69) is 29.9 Å². The number of rotatable bonds is 4. The average Bonchev–Trinajstić information content (AvgIpc) is 3.03. The lowest BCUT2D eigenvalue weighted by molar-refractivity contribution is 0.224. The molecule has 108 valence electrons. The predicted molar refractivity (Wildman–Crippen MR) is 85.3 cm³/mol. The SMILES string of the molecule is CC(c1ccco1)N(C)Cc1c(Cl)ccc2cccnc12. The summed E-state index contributed by atoms with van der Waals surface area (Å²) in [6.45, 7) is 2.83. The van der Waals surface area contributed by atoms with Crippen molar-refractivity contribution in [1.82, 2.24) is 9.88 Å². The number of benzene rings is 1. The Labute approximate surface area is 129 Å². The van der Waals surface area contributed by atoms with Gasteiger partial charge in [-0.15, -0.1) is 0 Å². The highest BCUT2D eigenvalue weighted by Gasteiger charge is 2.17. The molecule has 0 aliphatic carbocycles. The third kappa shape index (κ3) is 2.80. The van der Waals surface area contributed by atoms with Crippen LogP contribution >= 0.6 is 11.6 Å². The summed E-state index contributed by atoms with van der Waals surface area (Å²) in [7, 11) is 2.06. The van der Waals surface area contributed by atoms with Crippen LogP contribution in [0.5, 0.6) is 0 Å². The van der Waals surface area contributed by atoms with Gasteiger partial charge in [0.2, 0.25) is 0 Å². The number of halogens is 1. The third-order valence-corrected chi connectivity index (χ3v) is 4.20. The molecule has 0 spiro atoms. The number of hydrogen-bond donors (Lipinski definition) is 0. The van der Waals surface area contributed by atoms with E-state index in [1.54, 1.807) is 12.5 Å². The molecular formula is C17H17ClN2O. The summed E-state index contributed by atoms with van der Waals surface area (Å²) in [5.74, 6) is 0.946. The van der Waals surface area contributed by atoms with Gasteiger partial charge in [-0.1, -0.05) is 23.7 Å². The fourth-order valence-electron chi connectivity index (χ4n) is 2.46. The molecule has 4 heteroatoms. The Morgan fingerprint density at radius 3 is 2.86 bits per heavy atom. The Hall–Kier alpha value is -1.84. The number of furan rings is 1. The van der Waals surface area contributed by atoms with Gasteiger partial charge in [-0.3, -0.25) is 9.88 Å². The summed E-state index contributed by atoms with van der Waals surface area (Å²) in [5, 5.41) is 1.86. The van der Waals surface area contributed by atoms with Crippen LogP contribution in [-0.2, 0) is 6.54 Å². The minimum absolute atomic E-state index is 0.176. The number of fused-ring (bicyclic) bond motifs is 1. The molecule has 0 saturated carbocycles. The Kier molecular flexibility index (Phi) is 3.95. The van der Waals surface area contributed by atoms with Crippen LogP contribution in [-0.4, -0.2) is 16.9 Å². The van der Waals surface area contributed by atoms with E-state index in [4.69, 9.17) is 16.0 Å². The zero-order valence-corrected chi connectivity index (χ0v) is 12.8. The summed E-state index contributed by atoms with van der Waals surface area (Å²) in [6, 6.07) is 12.0. The smallest absolute Gasteiger partial charge is 0.120 e. The number of aromatic nitrogens is 1. The maximum absolute atomic E-state index is 6.39. The second kappa shape index (κ2) is 5.88.